The Bertz CT molecular complexity index is 1220. The standard InChI is InChI=1S/C24H22ClFN4O3/c1-14-20(23-28-22(29-33-23)16-6-2-7-17(25)11-16)21(15-5-3-8-18(26)12-15)27-24(31)30(14)13-19-9-4-10-32-19/h2-3,5-8,11-12,19,21H,4,9-10,13H2,1H3,(H,27,31). The summed E-state index contributed by atoms with van der Waals surface area (Å²) >= 11 is 6.11. The predicted octanol–water partition coefficient (Wildman–Crippen LogP) is 5.21. The van der Waals surface area contributed by atoms with E-state index in [4.69, 9.17) is 20.9 Å². The second-order valence-corrected chi connectivity index (χ2v) is 8.55. The maximum atomic E-state index is 14.0. The first-order valence-corrected chi connectivity index (χ1v) is 11.1. The predicted molar refractivity (Wildman–Crippen MR) is 121 cm³/mol. The van der Waals surface area contributed by atoms with Gasteiger partial charge in [0.1, 0.15) is 5.82 Å². The lowest BCUT2D eigenvalue weighted by molar-refractivity contribution is 0.0877. The third-order valence-electron chi connectivity index (χ3n) is 5.93. The Morgan fingerprint density at radius 1 is 1.24 bits per heavy atom. The van der Waals surface area contributed by atoms with E-state index in [1.54, 1.807) is 35.2 Å². The van der Waals surface area contributed by atoms with E-state index >= 15 is 0 Å². The molecule has 0 radical (unpaired) electrons. The van der Waals surface area contributed by atoms with Gasteiger partial charge >= 0.3 is 6.03 Å². The van der Waals surface area contributed by atoms with Gasteiger partial charge in [0.25, 0.3) is 5.89 Å². The van der Waals surface area contributed by atoms with Crippen LogP contribution in [0.5, 0.6) is 0 Å². The second kappa shape index (κ2) is 8.96. The summed E-state index contributed by atoms with van der Waals surface area (Å²) in [6, 6.07) is 12.3. The zero-order valence-corrected chi connectivity index (χ0v) is 18.7. The smallest absolute Gasteiger partial charge is 0.322 e. The van der Waals surface area contributed by atoms with Crippen LogP contribution in [-0.2, 0) is 4.74 Å². The molecule has 0 aliphatic carbocycles. The summed E-state index contributed by atoms with van der Waals surface area (Å²) in [6.45, 7) is 2.93. The van der Waals surface area contributed by atoms with Crippen LogP contribution in [0.15, 0.2) is 58.8 Å². The van der Waals surface area contributed by atoms with E-state index in [-0.39, 0.29) is 18.0 Å². The van der Waals surface area contributed by atoms with Crippen LogP contribution in [0.3, 0.4) is 0 Å². The molecular weight excluding hydrogens is 447 g/mol. The third kappa shape index (κ3) is 4.36. The zero-order chi connectivity index (χ0) is 22.9. The van der Waals surface area contributed by atoms with Crippen LogP contribution in [0.25, 0.3) is 17.0 Å². The summed E-state index contributed by atoms with van der Waals surface area (Å²) < 4.78 is 25.4. The Kier molecular flexibility index (Phi) is 5.86. The van der Waals surface area contributed by atoms with Gasteiger partial charge in [0.05, 0.1) is 24.3 Å². The van der Waals surface area contributed by atoms with Crippen molar-refractivity contribution in [2.45, 2.75) is 31.9 Å². The topological polar surface area (TPSA) is 80.5 Å². The van der Waals surface area contributed by atoms with Crippen molar-refractivity contribution in [1.29, 1.82) is 0 Å². The average molecular weight is 469 g/mol. The van der Waals surface area contributed by atoms with Crippen molar-refractivity contribution in [1.82, 2.24) is 20.4 Å². The molecule has 0 spiro atoms. The van der Waals surface area contributed by atoms with Crippen molar-refractivity contribution < 1.29 is 18.4 Å². The minimum atomic E-state index is -0.651. The molecule has 2 aliphatic rings. The fraction of sp³-hybridized carbons (Fsp3) is 0.292. The van der Waals surface area contributed by atoms with Crippen molar-refractivity contribution in [3.05, 3.63) is 76.5 Å². The van der Waals surface area contributed by atoms with Crippen molar-refractivity contribution in [3.63, 3.8) is 0 Å². The molecule has 0 saturated carbocycles. The van der Waals surface area contributed by atoms with Crippen LogP contribution in [0.2, 0.25) is 5.02 Å². The molecule has 1 aromatic heterocycles. The monoisotopic (exact) mass is 468 g/mol. The van der Waals surface area contributed by atoms with E-state index in [2.05, 4.69) is 15.5 Å². The summed E-state index contributed by atoms with van der Waals surface area (Å²) in [6.07, 6.45) is 1.82. The Balaban J connectivity index is 1.58. The molecule has 0 bridgehead atoms. The van der Waals surface area contributed by atoms with Gasteiger partial charge in [-0.05, 0) is 49.6 Å². The van der Waals surface area contributed by atoms with Crippen LogP contribution in [0, 0.1) is 5.82 Å². The van der Waals surface area contributed by atoms with Gasteiger partial charge in [0.15, 0.2) is 0 Å². The number of ether oxygens (including phenoxy) is 1. The zero-order valence-electron chi connectivity index (χ0n) is 17.9. The Hall–Kier alpha value is -3.23. The first-order chi connectivity index (χ1) is 16.0. The fourth-order valence-electron chi connectivity index (χ4n) is 4.28. The van der Waals surface area contributed by atoms with E-state index in [1.807, 2.05) is 13.0 Å². The van der Waals surface area contributed by atoms with E-state index in [1.165, 1.54) is 12.1 Å². The minimum Gasteiger partial charge on any atom is -0.376 e. The maximum Gasteiger partial charge on any atom is 0.322 e. The van der Waals surface area contributed by atoms with Crippen LogP contribution in [0.1, 0.15) is 37.3 Å². The minimum absolute atomic E-state index is 0.0395. The number of allylic oxidation sites excluding steroid dienone is 1. The molecule has 2 unspecified atom stereocenters. The molecule has 2 aliphatic heterocycles. The second-order valence-electron chi connectivity index (χ2n) is 8.12. The van der Waals surface area contributed by atoms with Gasteiger partial charge in [-0.25, -0.2) is 9.18 Å². The lowest BCUT2D eigenvalue weighted by Gasteiger charge is -2.36. The van der Waals surface area contributed by atoms with E-state index in [9.17, 15) is 9.18 Å². The summed E-state index contributed by atoms with van der Waals surface area (Å²) in [5.74, 6) is 0.216. The van der Waals surface area contributed by atoms with Crippen LogP contribution in [-0.4, -0.2) is 40.3 Å². The normalized spacial score (nSPS) is 20.9. The molecule has 2 atom stereocenters. The van der Waals surface area contributed by atoms with Gasteiger partial charge in [-0.15, -0.1) is 0 Å². The molecule has 3 aromatic rings. The molecule has 1 N–H and O–H groups in total. The number of amides is 2. The summed E-state index contributed by atoms with van der Waals surface area (Å²) in [5, 5.41) is 7.66. The van der Waals surface area contributed by atoms with Gasteiger partial charge in [0.2, 0.25) is 5.82 Å². The number of nitrogens with one attached hydrogen (secondary N) is 1. The molecule has 170 valence electrons. The molecule has 7 nitrogen and oxygen atoms in total. The molecule has 9 heteroatoms. The summed E-state index contributed by atoms with van der Waals surface area (Å²) in [5.41, 5.74) is 2.55. The SMILES string of the molecule is CC1=C(c2nc(-c3cccc(Cl)c3)no2)C(c2cccc(F)c2)NC(=O)N1CC1CCCO1. The number of halogens is 2. The number of aromatic nitrogens is 2. The van der Waals surface area contributed by atoms with Gasteiger partial charge in [-0.1, -0.05) is 41.0 Å². The van der Waals surface area contributed by atoms with Gasteiger partial charge in [-0.2, -0.15) is 4.98 Å². The lowest BCUT2D eigenvalue weighted by atomic mass is 9.94. The van der Waals surface area contributed by atoms with Crippen molar-refractivity contribution in [3.8, 4) is 11.4 Å². The number of urea groups is 1. The van der Waals surface area contributed by atoms with Crippen molar-refractivity contribution in [2.24, 2.45) is 0 Å². The van der Waals surface area contributed by atoms with Crippen molar-refractivity contribution >= 4 is 23.2 Å². The van der Waals surface area contributed by atoms with Gasteiger partial charge in [-0.3, -0.25) is 4.90 Å². The third-order valence-corrected chi connectivity index (χ3v) is 6.16. The highest BCUT2D eigenvalue weighted by atomic mass is 35.5. The lowest BCUT2D eigenvalue weighted by Crippen LogP contribution is -2.48. The number of rotatable bonds is 5. The molecule has 3 heterocycles. The number of nitrogens with zero attached hydrogens (tertiary/aromatic N) is 3. The molecule has 1 fully saturated rings. The maximum absolute atomic E-state index is 14.0. The number of carbonyl (C=O) groups excluding carboxylic acids is 1. The quantitative estimate of drug-likeness (QED) is 0.556. The van der Waals surface area contributed by atoms with Gasteiger partial charge in [0, 0.05) is 22.9 Å². The number of carbonyl (C=O) groups is 1. The van der Waals surface area contributed by atoms with Crippen molar-refractivity contribution in [2.75, 3.05) is 13.2 Å². The van der Waals surface area contributed by atoms with E-state index < -0.39 is 11.9 Å². The molecule has 5 rings (SSSR count). The Morgan fingerprint density at radius 3 is 2.85 bits per heavy atom. The van der Waals surface area contributed by atoms with E-state index in [0.29, 0.717) is 46.4 Å². The van der Waals surface area contributed by atoms with E-state index in [0.717, 1.165) is 12.8 Å². The number of benzene rings is 2. The highest BCUT2D eigenvalue weighted by Gasteiger charge is 2.37. The van der Waals surface area contributed by atoms with Crippen LogP contribution < -0.4 is 5.32 Å². The van der Waals surface area contributed by atoms with Crippen LogP contribution >= 0.6 is 11.6 Å². The summed E-state index contributed by atoms with van der Waals surface area (Å²) in [7, 11) is 0. The molecule has 1 saturated heterocycles. The molecule has 33 heavy (non-hydrogen) atoms. The summed E-state index contributed by atoms with van der Waals surface area (Å²) in [4.78, 5) is 19.3. The average Bonchev–Trinajstić information content (AvgIpc) is 3.49. The molecule has 2 amide bonds. The Labute approximate surface area is 195 Å². The first-order valence-electron chi connectivity index (χ1n) is 10.8. The number of hydrogen-bond acceptors (Lipinski definition) is 5. The van der Waals surface area contributed by atoms with Gasteiger partial charge < -0.3 is 14.6 Å². The highest BCUT2D eigenvalue weighted by molar-refractivity contribution is 6.30. The van der Waals surface area contributed by atoms with Crippen LogP contribution in [0.4, 0.5) is 9.18 Å². The fourth-order valence-corrected chi connectivity index (χ4v) is 4.47. The molecular formula is C24H22ClFN4O3. The highest BCUT2D eigenvalue weighted by Crippen LogP contribution is 2.38. The number of hydrogen-bond donors (Lipinski definition) is 1. The molecule has 2 aromatic carbocycles. The largest absolute Gasteiger partial charge is 0.376 e. The Morgan fingerprint density at radius 2 is 2.09 bits per heavy atom. The first kappa shape index (κ1) is 21.6.